The highest BCUT2D eigenvalue weighted by Crippen LogP contribution is 2.43. The SMILES string of the molecule is COCC1(CN(C)c2cc(-c3cc(C4CC4)nc(C(F)(F)F)c3)nc3nc(-c4ccc(N5CCCCC5)cc4)[nH]c23)CCCCC1. The van der Waals surface area contributed by atoms with Gasteiger partial charge in [0.05, 0.1) is 18.0 Å². The number of aromatic nitrogens is 4. The van der Waals surface area contributed by atoms with E-state index in [0.29, 0.717) is 35.0 Å². The zero-order valence-corrected chi connectivity index (χ0v) is 26.8. The Balaban J connectivity index is 1.31. The number of nitrogens with one attached hydrogen (secondary N) is 1. The van der Waals surface area contributed by atoms with Crippen molar-refractivity contribution < 1.29 is 17.9 Å². The van der Waals surface area contributed by atoms with Gasteiger partial charge in [-0.25, -0.2) is 15.0 Å². The molecule has 1 aromatic carbocycles. The molecule has 7 rings (SSSR count). The van der Waals surface area contributed by atoms with Crippen LogP contribution in [-0.2, 0) is 10.9 Å². The van der Waals surface area contributed by atoms with E-state index in [1.807, 2.05) is 6.07 Å². The molecule has 7 nitrogen and oxygen atoms in total. The summed E-state index contributed by atoms with van der Waals surface area (Å²) < 4.78 is 47.7. The molecular formula is C36H43F3N6O. The number of hydrogen-bond acceptors (Lipinski definition) is 6. The zero-order chi connectivity index (χ0) is 31.9. The Morgan fingerprint density at radius 1 is 0.913 bits per heavy atom. The van der Waals surface area contributed by atoms with E-state index in [9.17, 15) is 13.2 Å². The smallest absolute Gasteiger partial charge is 0.384 e. The lowest BCUT2D eigenvalue weighted by molar-refractivity contribution is -0.141. The lowest BCUT2D eigenvalue weighted by atomic mass is 9.74. The number of ether oxygens (including phenoxy) is 1. The molecule has 3 fully saturated rings. The number of methoxy groups -OCH3 is 1. The van der Waals surface area contributed by atoms with Crippen LogP contribution in [0.25, 0.3) is 33.8 Å². The summed E-state index contributed by atoms with van der Waals surface area (Å²) in [5, 5.41) is 0. The molecule has 0 radical (unpaired) electrons. The number of anilines is 2. The monoisotopic (exact) mass is 632 g/mol. The fourth-order valence-corrected chi connectivity index (χ4v) is 7.52. The highest BCUT2D eigenvalue weighted by molar-refractivity contribution is 5.91. The Labute approximate surface area is 268 Å². The second-order valence-electron chi connectivity index (χ2n) is 13.7. The van der Waals surface area contributed by atoms with E-state index in [0.717, 1.165) is 81.0 Å². The van der Waals surface area contributed by atoms with Gasteiger partial charge >= 0.3 is 6.18 Å². The van der Waals surface area contributed by atoms with Crippen LogP contribution in [0.15, 0.2) is 42.5 Å². The molecule has 1 saturated heterocycles. The lowest BCUT2D eigenvalue weighted by Gasteiger charge is -2.40. The Morgan fingerprint density at radius 3 is 2.30 bits per heavy atom. The van der Waals surface area contributed by atoms with Crippen molar-refractivity contribution in [1.29, 1.82) is 0 Å². The maximum atomic E-state index is 14.0. The third-order valence-electron chi connectivity index (χ3n) is 10.1. The second kappa shape index (κ2) is 12.5. The van der Waals surface area contributed by atoms with Crippen LogP contribution in [0.3, 0.4) is 0 Å². The van der Waals surface area contributed by atoms with Gasteiger partial charge in [0.2, 0.25) is 0 Å². The predicted octanol–water partition coefficient (Wildman–Crippen LogP) is 8.61. The summed E-state index contributed by atoms with van der Waals surface area (Å²) in [5.74, 6) is 0.755. The molecule has 3 aliphatic rings. The van der Waals surface area contributed by atoms with E-state index in [2.05, 4.69) is 51.1 Å². The summed E-state index contributed by atoms with van der Waals surface area (Å²) in [6.45, 7) is 3.57. The molecule has 3 aromatic heterocycles. The number of benzene rings is 1. The summed E-state index contributed by atoms with van der Waals surface area (Å²) in [6.07, 6.45) is 6.59. The summed E-state index contributed by atoms with van der Waals surface area (Å²) in [4.78, 5) is 22.0. The van der Waals surface area contributed by atoms with Crippen LogP contribution in [0.4, 0.5) is 24.5 Å². The molecule has 4 aromatic rings. The molecule has 1 aliphatic heterocycles. The fraction of sp³-hybridized carbons (Fsp3) is 0.528. The normalized spacial score (nSPS) is 18.7. The minimum Gasteiger partial charge on any atom is -0.384 e. The van der Waals surface area contributed by atoms with Crippen LogP contribution in [0.2, 0.25) is 0 Å². The Hall–Kier alpha value is -3.66. The standard InChI is InChI=1S/C36H43F3N6O/c1-44(22-35(23-46-2)15-5-3-6-16-35)30-21-29(26-19-28(24-9-10-24)40-31(20-26)36(37,38)39)41-34-32(30)42-33(43-34)25-11-13-27(14-12-25)45-17-7-4-8-18-45/h11-14,19-21,24H,3-10,15-18,22-23H2,1-2H3,(H,41,42,43). The van der Waals surface area contributed by atoms with Crippen LogP contribution < -0.4 is 9.80 Å². The number of alkyl halides is 3. The number of imidazole rings is 1. The van der Waals surface area contributed by atoms with Crippen molar-refractivity contribution in [1.82, 2.24) is 19.9 Å². The quantitative estimate of drug-likeness (QED) is 0.199. The molecule has 0 unspecified atom stereocenters. The summed E-state index contributed by atoms with van der Waals surface area (Å²) in [6, 6.07) is 13.3. The van der Waals surface area contributed by atoms with Gasteiger partial charge < -0.3 is 19.5 Å². The average Bonchev–Trinajstić information content (AvgIpc) is 3.83. The highest BCUT2D eigenvalue weighted by atomic mass is 19.4. The number of fused-ring (bicyclic) bond motifs is 1. The van der Waals surface area contributed by atoms with E-state index >= 15 is 0 Å². The van der Waals surface area contributed by atoms with Crippen LogP contribution in [0, 0.1) is 5.41 Å². The molecule has 244 valence electrons. The molecule has 2 aliphatic carbocycles. The van der Waals surface area contributed by atoms with Crippen molar-refractivity contribution in [3.63, 3.8) is 0 Å². The predicted molar refractivity (Wildman–Crippen MR) is 176 cm³/mol. The number of hydrogen-bond donors (Lipinski definition) is 1. The number of rotatable bonds is 9. The summed E-state index contributed by atoms with van der Waals surface area (Å²) >= 11 is 0. The van der Waals surface area contributed by atoms with Crippen LogP contribution in [0.5, 0.6) is 0 Å². The van der Waals surface area contributed by atoms with Crippen LogP contribution >= 0.6 is 0 Å². The van der Waals surface area contributed by atoms with Crippen LogP contribution in [-0.4, -0.2) is 60.3 Å². The minimum absolute atomic E-state index is 0.00387. The van der Waals surface area contributed by atoms with Crippen molar-refractivity contribution in [2.24, 2.45) is 5.41 Å². The zero-order valence-electron chi connectivity index (χ0n) is 26.8. The largest absolute Gasteiger partial charge is 0.433 e. The van der Waals surface area contributed by atoms with Crippen molar-refractivity contribution in [2.45, 2.75) is 76.3 Å². The topological polar surface area (TPSA) is 70.2 Å². The molecule has 46 heavy (non-hydrogen) atoms. The van der Waals surface area contributed by atoms with E-state index in [1.54, 1.807) is 13.2 Å². The number of H-pyrrole nitrogens is 1. The van der Waals surface area contributed by atoms with E-state index in [-0.39, 0.29) is 11.3 Å². The van der Waals surface area contributed by atoms with Gasteiger partial charge in [-0.05, 0) is 87.4 Å². The number of piperidine rings is 1. The summed E-state index contributed by atoms with van der Waals surface area (Å²) in [7, 11) is 3.82. The third kappa shape index (κ3) is 6.46. The first-order valence-corrected chi connectivity index (χ1v) is 16.8. The van der Waals surface area contributed by atoms with Crippen LogP contribution in [0.1, 0.15) is 81.5 Å². The van der Waals surface area contributed by atoms with Crippen molar-refractivity contribution in [2.75, 3.05) is 50.2 Å². The molecule has 10 heteroatoms. The second-order valence-corrected chi connectivity index (χ2v) is 13.7. The molecule has 2 saturated carbocycles. The van der Waals surface area contributed by atoms with Gasteiger partial charge in [0.15, 0.2) is 5.65 Å². The van der Waals surface area contributed by atoms with Gasteiger partial charge in [0.25, 0.3) is 0 Å². The third-order valence-corrected chi connectivity index (χ3v) is 10.1. The van der Waals surface area contributed by atoms with Crippen molar-refractivity contribution in [3.8, 4) is 22.6 Å². The Morgan fingerprint density at radius 2 is 1.63 bits per heavy atom. The van der Waals surface area contributed by atoms with E-state index < -0.39 is 11.9 Å². The molecular weight excluding hydrogens is 589 g/mol. The average molecular weight is 633 g/mol. The summed E-state index contributed by atoms with van der Waals surface area (Å²) in [5.41, 5.74) is 4.77. The van der Waals surface area contributed by atoms with Gasteiger partial charge in [0.1, 0.15) is 17.0 Å². The number of pyridine rings is 2. The maximum Gasteiger partial charge on any atom is 0.433 e. The van der Waals surface area contributed by atoms with E-state index in [1.165, 1.54) is 31.4 Å². The Bertz CT molecular complexity index is 1660. The molecule has 0 amide bonds. The van der Waals surface area contributed by atoms with Gasteiger partial charge in [-0.1, -0.05) is 19.3 Å². The first kappa shape index (κ1) is 31.0. The van der Waals surface area contributed by atoms with Crippen molar-refractivity contribution in [3.05, 3.63) is 53.9 Å². The highest BCUT2D eigenvalue weighted by Gasteiger charge is 2.37. The van der Waals surface area contributed by atoms with Gasteiger partial charge in [-0.2, -0.15) is 13.2 Å². The number of aromatic amines is 1. The number of nitrogens with zero attached hydrogens (tertiary/aromatic N) is 5. The fourth-order valence-electron chi connectivity index (χ4n) is 7.52. The molecule has 0 spiro atoms. The maximum absolute atomic E-state index is 14.0. The molecule has 0 bridgehead atoms. The van der Waals surface area contributed by atoms with E-state index in [4.69, 9.17) is 14.7 Å². The molecule has 0 atom stereocenters. The van der Waals surface area contributed by atoms with Gasteiger partial charge in [0, 0.05) is 67.6 Å². The first-order valence-electron chi connectivity index (χ1n) is 16.8. The van der Waals surface area contributed by atoms with Crippen molar-refractivity contribution >= 4 is 22.5 Å². The van der Waals surface area contributed by atoms with Gasteiger partial charge in [-0.15, -0.1) is 0 Å². The molecule has 4 heterocycles. The number of halogens is 3. The molecule has 1 N–H and O–H groups in total. The lowest BCUT2D eigenvalue weighted by Crippen LogP contribution is -2.40. The first-order chi connectivity index (χ1) is 22.2. The van der Waals surface area contributed by atoms with Gasteiger partial charge in [-0.3, -0.25) is 0 Å². The minimum atomic E-state index is -4.54. The Kier molecular flexibility index (Phi) is 8.42.